The summed E-state index contributed by atoms with van der Waals surface area (Å²) >= 11 is 0. The molecule has 8 nitrogen and oxygen atoms in total. The molecule has 0 saturated heterocycles. The van der Waals surface area contributed by atoms with Gasteiger partial charge in [-0.3, -0.25) is 14.9 Å². The first-order valence-electron chi connectivity index (χ1n) is 5.32. The van der Waals surface area contributed by atoms with Crippen LogP contribution in [0, 0.1) is 10.1 Å². The Balaban J connectivity index is 3.36. The monoisotopic (exact) mass is 382 g/mol. The van der Waals surface area contributed by atoms with Crippen molar-refractivity contribution >= 4 is 27.4 Å². The third kappa shape index (κ3) is 4.46. The summed E-state index contributed by atoms with van der Waals surface area (Å²) in [7, 11) is -6.34. The van der Waals surface area contributed by atoms with Crippen molar-refractivity contribution in [1.29, 1.82) is 0 Å². The first-order valence-corrected chi connectivity index (χ1v) is 6.73. The van der Waals surface area contributed by atoms with Crippen LogP contribution in [0.1, 0.15) is 0 Å². The van der Waals surface area contributed by atoms with Crippen LogP contribution in [0.3, 0.4) is 0 Å². The van der Waals surface area contributed by atoms with Gasteiger partial charge < -0.3 is 9.50 Å². The van der Waals surface area contributed by atoms with Crippen LogP contribution in [0.5, 0.6) is 5.75 Å². The first-order chi connectivity index (χ1) is 10.6. The van der Waals surface area contributed by atoms with E-state index in [4.69, 9.17) is 0 Å². The number of hydrogen-bond acceptors (Lipinski definition) is 6. The highest BCUT2D eigenvalue weighted by atomic mass is 32.2. The quantitative estimate of drug-likeness (QED) is 0.281. The number of carbonyl (C=O) groups is 1. The first kappa shape index (κ1) is 19.5. The lowest BCUT2D eigenvalue weighted by molar-refractivity contribution is -0.384. The number of nitrogens with zero attached hydrogens (tertiary/aromatic N) is 1. The Morgan fingerprint density at radius 3 is 2.12 bits per heavy atom. The fourth-order valence-corrected chi connectivity index (χ4v) is 1.62. The standard InChI is InChI=1S/C9H4F6N2O6S/c10-8(11,12)7(18)16-5-2-1-4(17(19)20)3-6(5)23-24(21,22)9(13,14)15/h1-3H,(H,16,18). The summed E-state index contributed by atoms with van der Waals surface area (Å²) in [6, 6.07) is 0.997. The van der Waals surface area contributed by atoms with Crippen LogP contribution in [-0.2, 0) is 14.9 Å². The number of non-ortho nitro benzene ring substituents is 1. The number of nitro groups is 1. The van der Waals surface area contributed by atoms with Gasteiger partial charge in [-0.15, -0.1) is 0 Å². The van der Waals surface area contributed by atoms with Gasteiger partial charge in [-0.1, -0.05) is 0 Å². The van der Waals surface area contributed by atoms with Crippen LogP contribution in [0.4, 0.5) is 37.7 Å². The predicted octanol–water partition coefficient (Wildman–Crippen LogP) is 2.32. The van der Waals surface area contributed by atoms with Gasteiger partial charge in [0.25, 0.3) is 5.69 Å². The van der Waals surface area contributed by atoms with Gasteiger partial charge in [0.05, 0.1) is 16.7 Å². The molecule has 0 aliphatic carbocycles. The Labute approximate surface area is 128 Å². The Kier molecular flexibility index (Phi) is 4.98. The van der Waals surface area contributed by atoms with Crippen molar-refractivity contribution < 1.29 is 48.7 Å². The number of carbonyl (C=O) groups excluding carboxylic acids is 1. The maximum Gasteiger partial charge on any atom is 0.534 e. The summed E-state index contributed by atoms with van der Waals surface area (Å²) in [5.41, 5.74) is -8.12. The SMILES string of the molecule is O=C(Nc1ccc([N+](=O)[O-])cc1OS(=O)(=O)C(F)(F)F)C(F)(F)F. The number of halogens is 6. The molecule has 0 unspecified atom stereocenters. The molecule has 1 amide bonds. The molecule has 0 atom stereocenters. The number of amides is 1. The zero-order valence-electron chi connectivity index (χ0n) is 10.8. The van der Waals surface area contributed by atoms with Gasteiger partial charge in [0.1, 0.15) is 0 Å². The van der Waals surface area contributed by atoms with Crippen molar-refractivity contribution in [2.45, 2.75) is 11.7 Å². The van der Waals surface area contributed by atoms with Crippen LogP contribution in [0.2, 0.25) is 0 Å². The Morgan fingerprint density at radius 1 is 1.17 bits per heavy atom. The molecule has 0 aliphatic rings. The summed E-state index contributed by atoms with van der Waals surface area (Å²) < 4.78 is 98.5. The fourth-order valence-electron chi connectivity index (χ4n) is 1.16. The van der Waals surface area contributed by atoms with E-state index in [1.165, 1.54) is 0 Å². The maximum absolute atomic E-state index is 12.2. The minimum atomic E-state index is -6.34. The number of benzene rings is 1. The summed E-state index contributed by atoms with van der Waals surface area (Å²) in [6.45, 7) is 0. The summed E-state index contributed by atoms with van der Waals surface area (Å²) in [5, 5.41) is 11.6. The third-order valence-electron chi connectivity index (χ3n) is 2.16. The molecule has 0 radical (unpaired) electrons. The average Bonchev–Trinajstić information content (AvgIpc) is 2.37. The van der Waals surface area contributed by atoms with Gasteiger partial charge in [0.15, 0.2) is 5.75 Å². The maximum atomic E-state index is 12.2. The third-order valence-corrected chi connectivity index (χ3v) is 3.13. The van der Waals surface area contributed by atoms with Gasteiger partial charge in [0.2, 0.25) is 0 Å². The van der Waals surface area contributed by atoms with E-state index in [0.717, 1.165) is 5.32 Å². The average molecular weight is 382 g/mol. The van der Waals surface area contributed by atoms with Crippen LogP contribution >= 0.6 is 0 Å². The molecule has 0 saturated carbocycles. The molecule has 0 spiro atoms. The second kappa shape index (κ2) is 6.14. The number of nitrogens with one attached hydrogen (secondary N) is 1. The zero-order chi connectivity index (χ0) is 18.9. The van der Waals surface area contributed by atoms with Gasteiger partial charge >= 0.3 is 27.7 Å². The molecule has 1 rings (SSSR count). The van der Waals surface area contributed by atoms with Crippen molar-refractivity contribution in [2.75, 3.05) is 5.32 Å². The molecule has 0 heterocycles. The van der Waals surface area contributed by atoms with Crippen molar-refractivity contribution in [3.63, 3.8) is 0 Å². The number of hydrogen-bond donors (Lipinski definition) is 1. The minimum Gasteiger partial charge on any atom is -0.374 e. The Morgan fingerprint density at radius 2 is 1.71 bits per heavy atom. The van der Waals surface area contributed by atoms with Crippen molar-refractivity contribution in [3.8, 4) is 5.75 Å². The molecule has 0 aromatic heterocycles. The molecular formula is C9H4F6N2O6S. The second-order valence-corrected chi connectivity index (χ2v) is 5.41. The van der Waals surface area contributed by atoms with Gasteiger partial charge in [-0.05, 0) is 6.07 Å². The number of alkyl halides is 6. The molecule has 0 fully saturated rings. The smallest absolute Gasteiger partial charge is 0.374 e. The normalized spacial score (nSPS) is 12.6. The van der Waals surface area contributed by atoms with Crippen LogP contribution in [0.25, 0.3) is 0 Å². The van der Waals surface area contributed by atoms with Gasteiger partial charge in [-0.2, -0.15) is 34.8 Å². The van der Waals surface area contributed by atoms with E-state index < -0.39 is 49.8 Å². The highest BCUT2D eigenvalue weighted by Crippen LogP contribution is 2.35. The molecule has 134 valence electrons. The summed E-state index contributed by atoms with van der Waals surface area (Å²) in [4.78, 5) is 20.1. The highest BCUT2D eigenvalue weighted by molar-refractivity contribution is 7.88. The lowest BCUT2D eigenvalue weighted by atomic mass is 10.2. The number of rotatable bonds is 4. The van der Waals surface area contributed by atoms with E-state index >= 15 is 0 Å². The summed E-state index contributed by atoms with van der Waals surface area (Å²) in [6.07, 6.45) is -5.46. The lowest BCUT2D eigenvalue weighted by Crippen LogP contribution is -2.31. The Bertz CT molecular complexity index is 772. The highest BCUT2D eigenvalue weighted by Gasteiger charge is 2.49. The van der Waals surface area contributed by atoms with Crippen LogP contribution in [0.15, 0.2) is 18.2 Å². The molecule has 1 aromatic carbocycles. The zero-order valence-corrected chi connectivity index (χ0v) is 11.6. The molecule has 0 bridgehead atoms. The molecule has 24 heavy (non-hydrogen) atoms. The largest absolute Gasteiger partial charge is 0.534 e. The van der Waals surface area contributed by atoms with Crippen molar-refractivity contribution in [1.82, 2.24) is 0 Å². The fraction of sp³-hybridized carbons (Fsp3) is 0.222. The number of anilines is 1. The topological polar surface area (TPSA) is 116 Å². The Hall–Kier alpha value is -2.58. The van der Waals surface area contributed by atoms with Crippen LogP contribution < -0.4 is 9.50 Å². The molecule has 15 heteroatoms. The number of nitro benzene ring substituents is 1. The van der Waals surface area contributed by atoms with E-state index in [9.17, 15) is 49.7 Å². The predicted molar refractivity (Wildman–Crippen MR) is 63.4 cm³/mol. The molecular weight excluding hydrogens is 378 g/mol. The van der Waals surface area contributed by atoms with Crippen molar-refractivity contribution in [3.05, 3.63) is 28.3 Å². The second-order valence-electron chi connectivity index (χ2n) is 3.87. The van der Waals surface area contributed by atoms with E-state index in [1.54, 1.807) is 0 Å². The van der Waals surface area contributed by atoms with Gasteiger partial charge in [0, 0.05) is 6.07 Å². The lowest BCUT2D eigenvalue weighted by Gasteiger charge is -2.14. The summed E-state index contributed by atoms with van der Waals surface area (Å²) in [5.74, 6) is -4.18. The van der Waals surface area contributed by atoms with Crippen molar-refractivity contribution in [2.24, 2.45) is 0 Å². The van der Waals surface area contributed by atoms with Crippen LogP contribution in [-0.4, -0.2) is 30.9 Å². The van der Waals surface area contributed by atoms with E-state index in [0.29, 0.717) is 12.1 Å². The molecule has 1 aromatic rings. The molecule has 0 aliphatic heterocycles. The molecule has 1 N–H and O–H groups in total. The van der Waals surface area contributed by atoms with E-state index in [1.807, 2.05) is 0 Å². The van der Waals surface area contributed by atoms with E-state index in [-0.39, 0.29) is 6.07 Å². The van der Waals surface area contributed by atoms with E-state index in [2.05, 4.69) is 4.18 Å². The van der Waals surface area contributed by atoms with Gasteiger partial charge in [-0.25, -0.2) is 0 Å². The minimum absolute atomic E-state index is 0.106.